The maximum atomic E-state index is 11.2. The van der Waals surface area contributed by atoms with Crippen molar-refractivity contribution in [2.75, 3.05) is 18.9 Å². The number of nitrogen functional groups attached to an aromatic ring is 1. The fourth-order valence-electron chi connectivity index (χ4n) is 1.37. The minimum Gasteiger partial charge on any atom is -0.506 e. The largest absolute Gasteiger partial charge is 0.506 e. The zero-order valence-corrected chi connectivity index (χ0v) is 9.76. The molecule has 0 saturated heterocycles. The van der Waals surface area contributed by atoms with Gasteiger partial charge in [-0.05, 0) is 24.1 Å². The van der Waals surface area contributed by atoms with Crippen molar-refractivity contribution in [1.29, 1.82) is 0 Å². The molecule has 0 heterocycles. The number of hydrogen-bond acceptors (Lipinski definition) is 6. The number of nitrogens with one attached hydrogen (secondary N) is 1. The Morgan fingerprint density at radius 3 is 2.39 bits per heavy atom. The van der Waals surface area contributed by atoms with Crippen molar-refractivity contribution in [2.24, 2.45) is 5.73 Å². The minimum absolute atomic E-state index is 0.0786. The fraction of sp³-hybridized carbons (Fsp3) is 0.364. The zero-order chi connectivity index (χ0) is 13.7. The van der Waals surface area contributed by atoms with Gasteiger partial charge in [0.15, 0.2) is 0 Å². The molecular formula is C11H17N3O4. The van der Waals surface area contributed by atoms with Crippen LogP contribution in [0.5, 0.6) is 11.5 Å². The van der Waals surface area contributed by atoms with Gasteiger partial charge in [-0.2, -0.15) is 0 Å². The van der Waals surface area contributed by atoms with Crippen molar-refractivity contribution >= 4 is 11.6 Å². The molecule has 0 unspecified atom stereocenters. The number of hydrogen-bond donors (Lipinski definition) is 6. The molecule has 7 nitrogen and oxygen atoms in total. The van der Waals surface area contributed by atoms with E-state index in [1.807, 2.05) is 0 Å². The lowest BCUT2D eigenvalue weighted by Gasteiger charge is -2.10. The van der Waals surface area contributed by atoms with Crippen molar-refractivity contribution < 1.29 is 20.1 Å². The number of anilines is 1. The Morgan fingerprint density at radius 1 is 1.33 bits per heavy atom. The van der Waals surface area contributed by atoms with E-state index >= 15 is 0 Å². The molecule has 0 aliphatic heterocycles. The van der Waals surface area contributed by atoms with Crippen LogP contribution in [0, 0.1) is 0 Å². The first-order valence-electron chi connectivity index (χ1n) is 5.40. The van der Waals surface area contributed by atoms with Crippen LogP contribution in [0.1, 0.15) is 5.56 Å². The third-order valence-electron chi connectivity index (χ3n) is 2.44. The Hall–Kier alpha value is -1.99. The number of phenolic OH excluding ortho intramolecular Hbond substituents is 2. The van der Waals surface area contributed by atoms with E-state index in [1.54, 1.807) is 0 Å². The second-order valence-electron chi connectivity index (χ2n) is 3.88. The molecule has 1 amide bonds. The van der Waals surface area contributed by atoms with Gasteiger partial charge in [0.25, 0.3) is 0 Å². The van der Waals surface area contributed by atoms with E-state index < -0.39 is 18.6 Å². The summed E-state index contributed by atoms with van der Waals surface area (Å²) < 4.78 is 0. The number of phenols is 2. The van der Waals surface area contributed by atoms with E-state index in [2.05, 4.69) is 5.32 Å². The van der Waals surface area contributed by atoms with Gasteiger partial charge in [-0.25, -0.2) is 0 Å². The first kappa shape index (κ1) is 14.1. The predicted octanol–water partition coefficient (Wildman–Crippen LogP) is -1.34. The number of rotatable bonds is 5. The molecule has 8 N–H and O–H groups in total. The van der Waals surface area contributed by atoms with Crippen LogP contribution in [0.25, 0.3) is 0 Å². The maximum Gasteiger partial charge on any atom is 0.239 e. The van der Waals surface area contributed by atoms with Crippen LogP contribution < -0.4 is 16.8 Å². The Bertz CT molecular complexity index is 413. The van der Waals surface area contributed by atoms with Gasteiger partial charge in [0.1, 0.15) is 23.2 Å². The lowest BCUT2D eigenvalue weighted by molar-refractivity contribution is -0.123. The van der Waals surface area contributed by atoms with E-state index in [-0.39, 0.29) is 23.7 Å². The molecule has 18 heavy (non-hydrogen) atoms. The summed E-state index contributed by atoms with van der Waals surface area (Å²) >= 11 is 0. The lowest BCUT2D eigenvalue weighted by atomic mass is 10.1. The predicted molar refractivity (Wildman–Crippen MR) is 66.0 cm³/mol. The van der Waals surface area contributed by atoms with E-state index in [1.165, 1.54) is 12.1 Å². The standard InChI is InChI=1S/C11H17N3O4/c12-7(5-15)11(18)14-2-1-6-3-8(16)10(13)9(17)4-6/h3-4,7,15-17H,1-2,5,12-13H2,(H,14,18)/t7-/m0/s1. The second kappa shape index (κ2) is 6.08. The molecule has 0 bridgehead atoms. The van der Waals surface area contributed by atoms with Crippen molar-refractivity contribution in [3.05, 3.63) is 17.7 Å². The summed E-state index contributed by atoms with van der Waals surface area (Å²) in [4.78, 5) is 11.2. The van der Waals surface area contributed by atoms with Crippen LogP contribution in [0.4, 0.5) is 5.69 Å². The number of aliphatic hydroxyl groups excluding tert-OH is 1. The SMILES string of the molecule is Nc1c(O)cc(CCNC(=O)[C@@H](N)CO)cc1O. The molecule has 0 aliphatic rings. The summed E-state index contributed by atoms with van der Waals surface area (Å²) in [6, 6.07) is 1.87. The highest BCUT2D eigenvalue weighted by molar-refractivity contribution is 5.81. The lowest BCUT2D eigenvalue weighted by Crippen LogP contribution is -2.43. The van der Waals surface area contributed by atoms with Gasteiger partial charge in [0, 0.05) is 6.54 Å². The summed E-state index contributed by atoms with van der Waals surface area (Å²) in [7, 11) is 0. The van der Waals surface area contributed by atoms with Crippen LogP contribution in [0.3, 0.4) is 0 Å². The Labute approximate surface area is 104 Å². The zero-order valence-electron chi connectivity index (χ0n) is 9.76. The van der Waals surface area contributed by atoms with Gasteiger partial charge >= 0.3 is 0 Å². The molecule has 100 valence electrons. The molecule has 0 saturated carbocycles. The monoisotopic (exact) mass is 255 g/mol. The molecule has 0 aliphatic carbocycles. The molecule has 0 radical (unpaired) electrons. The Morgan fingerprint density at radius 2 is 1.89 bits per heavy atom. The van der Waals surface area contributed by atoms with Gasteiger partial charge in [0.2, 0.25) is 5.91 Å². The number of carbonyl (C=O) groups excluding carboxylic acids is 1. The first-order valence-corrected chi connectivity index (χ1v) is 5.40. The van der Waals surface area contributed by atoms with E-state index in [0.717, 1.165) is 0 Å². The normalized spacial score (nSPS) is 12.1. The number of aliphatic hydroxyl groups is 1. The highest BCUT2D eigenvalue weighted by Gasteiger charge is 2.11. The summed E-state index contributed by atoms with van der Waals surface area (Å²) in [5, 5.41) is 30.0. The van der Waals surface area contributed by atoms with Crippen molar-refractivity contribution in [1.82, 2.24) is 5.32 Å². The Kier molecular flexibility index (Phi) is 4.75. The molecule has 0 fully saturated rings. The number of nitrogens with two attached hydrogens (primary N) is 2. The summed E-state index contributed by atoms with van der Waals surface area (Å²) in [6.45, 7) is -0.148. The van der Waals surface area contributed by atoms with E-state index in [9.17, 15) is 15.0 Å². The van der Waals surface area contributed by atoms with Crippen molar-refractivity contribution in [3.63, 3.8) is 0 Å². The van der Waals surface area contributed by atoms with Crippen LogP contribution in [0.2, 0.25) is 0 Å². The number of carbonyl (C=O) groups is 1. The number of aromatic hydroxyl groups is 2. The van der Waals surface area contributed by atoms with Gasteiger partial charge < -0.3 is 32.1 Å². The molecule has 1 aromatic carbocycles. The quantitative estimate of drug-likeness (QED) is 0.284. The number of benzene rings is 1. The van der Waals surface area contributed by atoms with Crippen LogP contribution >= 0.6 is 0 Å². The van der Waals surface area contributed by atoms with Gasteiger partial charge in [-0.3, -0.25) is 4.79 Å². The van der Waals surface area contributed by atoms with Crippen molar-refractivity contribution in [3.8, 4) is 11.5 Å². The average molecular weight is 255 g/mol. The molecule has 1 rings (SSSR count). The van der Waals surface area contributed by atoms with E-state index in [0.29, 0.717) is 12.0 Å². The minimum atomic E-state index is -0.946. The fourth-order valence-corrected chi connectivity index (χ4v) is 1.37. The van der Waals surface area contributed by atoms with Crippen LogP contribution in [-0.4, -0.2) is 40.4 Å². The van der Waals surface area contributed by atoms with Gasteiger partial charge in [-0.1, -0.05) is 0 Å². The molecule has 0 aromatic heterocycles. The summed E-state index contributed by atoms with van der Waals surface area (Å²) in [6.07, 6.45) is 0.394. The molecule has 1 atom stereocenters. The topological polar surface area (TPSA) is 142 Å². The first-order chi connectivity index (χ1) is 8.45. The van der Waals surface area contributed by atoms with Gasteiger partial charge in [-0.15, -0.1) is 0 Å². The van der Waals surface area contributed by atoms with Gasteiger partial charge in [0.05, 0.1) is 6.61 Å². The molecule has 7 heteroatoms. The van der Waals surface area contributed by atoms with Crippen LogP contribution in [-0.2, 0) is 11.2 Å². The smallest absolute Gasteiger partial charge is 0.239 e. The maximum absolute atomic E-state index is 11.2. The Balaban J connectivity index is 2.52. The molecule has 0 spiro atoms. The van der Waals surface area contributed by atoms with Crippen LogP contribution in [0.15, 0.2) is 12.1 Å². The molecule has 1 aromatic rings. The third kappa shape index (κ3) is 3.51. The summed E-state index contributed by atoms with van der Waals surface area (Å²) in [5.41, 5.74) is 11.2. The average Bonchev–Trinajstić information content (AvgIpc) is 2.34. The highest BCUT2D eigenvalue weighted by Crippen LogP contribution is 2.31. The summed E-state index contributed by atoms with van der Waals surface area (Å²) in [5.74, 6) is -0.867. The second-order valence-corrected chi connectivity index (χ2v) is 3.88. The van der Waals surface area contributed by atoms with E-state index in [4.69, 9.17) is 16.6 Å². The molecular weight excluding hydrogens is 238 g/mol. The highest BCUT2D eigenvalue weighted by atomic mass is 16.3. The van der Waals surface area contributed by atoms with Crippen molar-refractivity contribution in [2.45, 2.75) is 12.5 Å². The third-order valence-corrected chi connectivity index (χ3v) is 2.44. The number of amides is 1.